The van der Waals surface area contributed by atoms with Crippen molar-refractivity contribution in [2.24, 2.45) is 5.10 Å². The largest absolute Gasteiger partial charge is 0.465 e. The van der Waals surface area contributed by atoms with Gasteiger partial charge in [0.1, 0.15) is 0 Å². The Morgan fingerprint density at radius 3 is 2.31 bits per heavy atom. The van der Waals surface area contributed by atoms with Crippen molar-refractivity contribution in [1.29, 1.82) is 0 Å². The zero-order chi connectivity index (χ0) is 19.2. The van der Waals surface area contributed by atoms with Crippen LogP contribution >= 0.6 is 0 Å². The first-order chi connectivity index (χ1) is 12.6. The molecule has 1 rings (SSSR count). The summed E-state index contributed by atoms with van der Waals surface area (Å²) in [5, 5.41) is 6.73. The highest BCUT2D eigenvalue weighted by atomic mass is 16.5. The third-order valence-corrected chi connectivity index (χ3v) is 3.64. The van der Waals surface area contributed by atoms with E-state index in [0.717, 1.165) is 18.4 Å². The summed E-state index contributed by atoms with van der Waals surface area (Å²) in [7, 11) is 1.33. The van der Waals surface area contributed by atoms with E-state index in [1.165, 1.54) is 13.3 Å². The zero-order valence-electron chi connectivity index (χ0n) is 15.4. The van der Waals surface area contributed by atoms with Gasteiger partial charge in [-0.2, -0.15) is 5.10 Å². The first kappa shape index (κ1) is 21.3. The number of nitrogens with one attached hydrogen (secondary N) is 2. The maximum absolute atomic E-state index is 11.7. The van der Waals surface area contributed by atoms with Crippen LogP contribution in [0.2, 0.25) is 0 Å². The highest BCUT2D eigenvalue weighted by molar-refractivity contribution is 5.90. The van der Waals surface area contributed by atoms with Crippen LogP contribution in [0.15, 0.2) is 29.4 Å². The quantitative estimate of drug-likeness (QED) is 0.274. The average molecular weight is 361 g/mol. The molecule has 142 valence electrons. The topological polar surface area (TPSA) is 96.9 Å². The maximum Gasteiger partial charge on any atom is 0.337 e. The third-order valence-electron chi connectivity index (χ3n) is 3.64. The molecule has 7 nitrogen and oxygen atoms in total. The van der Waals surface area contributed by atoms with Crippen molar-refractivity contribution in [3.63, 3.8) is 0 Å². The van der Waals surface area contributed by atoms with Gasteiger partial charge in [-0.3, -0.25) is 9.59 Å². The summed E-state index contributed by atoms with van der Waals surface area (Å²) in [6.45, 7) is 2.79. The van der Waals surface area contributed by atoms with Crippen LogP contribution in [0.1, 0.15) is 61.4 Å². The van der Waals surface area contributed by atoms with Crippen molar-refractivity contribution in [3.05, 3.63) is 35.4 Å². The molecule has 7 heteroatoms. The number of nitrogens with zero attached hydrogens (tertiary/aromatic N) is 1. The minimum atomic E-state index is -0.402. The number of amides is 2. The average Bonchev–Trinajstić information content (AvgIpc) is 2.65. The number of rotatable bonds is 11. The van der Waals surface area contributed by atoms with Crippen LogP contribution in [0.4, 0.5) is 0 Å². The van der Waals surface area contributed by atoms with Crippen LogP contribution in [0.5, 0.6) is 0 Å². The Labute approximate surface area is 154 Å². The van der Waals surface area contributed by atoms with E-state index in [9.17, 15) is 14.4 Å². The molecule has 0 unspecified atom stereocenters. The van der Waals surface area contributed by atoms with Crippen LogP contribution in [0.25, 0.3) is 0 Å². The molecule has 1 aromatic carbocycles. The number of hydrogen-bond donors (Lipinski definition) is 2. The van der Waals surface area contributed by atoms with E-state index in [1.807, 2.05) is 0 Å². The Balaban J connectivity index is 2.20. The van der Waals surface area contributed by atoms with Crippen LogP contribution in [-0.2, 0) is 14.3 Å². The number of unbranched alkanes of at least 4 members (excludes halogenated alkanes) is 2. The lowest BCUT2D eigenvalue weighted by atomic mass is 10.1. The molecule has 26 heavy (non-hydrogen) atoms. The Morgan fingerprint density at radius 1 is 1.04 bits per heavy atom. The van der Waals surface area contributed by atoms with Gasteiger partial charge >= 0.3 is 5.97 Å². The van der Waals surface area contributed by atoms with Gasteiger partial charge in [0.15, 0.2) is 0 Å². The molecule has 0 aliphatic heterocycles. The molecule has 1 aromatic rings. The van der Waals surface area contributed by atoms with Crippen molar-refractivity contribution in [3.8, 4) is 0 Å². The van der Waals surface area contributed by atoms with E-state index in [-0.39, 0.29) is 11.8 Å². The van der Waals surface area contributed by atoms with Gasteiger partial charge in [-0.1, -0.05) is 25.5 Å². The minimum Gasteiger partial charge on any atom is -0.465 e. The molecule has 0 fully saturated rings. The van der Waals surface area contributed by atoms with Gasteiger partial charge in [-0.05, 0) is 37.0 Å². The standard InChI is InChI=1S/C19H27N3O4/c1-3-4-13-20-17(23)7-5-6-8-18(24)22-21-14-15-9-11-16(12-10-15)19(25)26-2/h9-12,14H,3-8,13H2,1-2H3,(H,20,23)(H,22,24). The molecule has 0 saturated carbocycles. The number of esters is 1. The molecule has 0 aromatic heterocycles. The second-order valence-electron chi connectivity index (χ2n) is 5.82. The number of benzene rings is 1. The lowest BCUT2D eigenvalue weighted by molar-refractivity contribution is -0.123. The summed E-state index contributed by atoms with van der Waals surface area (Å²) in [6, 6.07) is 6.67. The lowest BCUT2D eigenvalue weighted by Crippen LogP contribution is -2.24. The van der Waals surface area contributed by atoms with Crippen molar-refractivity contribution in [1.82, 2.24) is 10.7 Å². The van der Waals surface area contributed by atoms with Crippen molar-refractivity contribution >= 4 is 24.0 Å². The molecule has 0 heterocycles. The fraction of sp³-hybridized carbons (Fsp3) is 0.474. The summed E-state index contributed by atoms with van der Waals surface area (Å²) in [6.07, 6.45) is 5.60. The molecular weight excluding hydrogens is 334 g/mol. The first-order valence-electron chi connectivity index (χ1n) is 8.83. The van der Waals surface area contributed by atoms with Gasteiger partial charge in [0.2, 0.25) is 11.8 Å². The SMILES string of the molecule is CCCCNC(=O)CCCCC(=O)NN=Cc1ccc(C(=O)OC)cc1. The highest BCUT2D eigenvalue weighted by Gasteiger charge is 2.04. The normalized spacial score (nSPS) is 10.5. The summed E-state index contributed by atoms with van der Waals surface area (Å²) in [4.78, 5) is 34.5. The third kappa shape index (κ3) is 8.96. The van der Waals surface area contributed by atoms with Crippen LogP contribution in [0, 0.1) is 0 Å². The second kappa shape index (κ2) is 12.6. The van der Waals surface area contributed by atoms with E-state index < -0.39 is 5.97 Å². The predicted molar refractivity (Wildman–Crippen MR) is 99.9 cm³/mol. The van der Waals surface area contributed by atoms with E-state index in [4.69, 9.17) is 0 Å². The monoisotopic (exact) mass is 361 g/mol. The molecule has 2 N–H and O–H groups in total. The molecule has 2 amide bonds. The molecule has 0 aliphatic rings. The maximum atomic E-state index is 11.7. The van der Waals surface area contributed by atoms with Crippen LogP contribution in [-0.4, -0.2) is 37.7 Å². The number of hydrazone groups is 1. The Morgan fingerprint density at radius 2 is 1.69 bits per heavy atom. The smallest absolute Gasteiger partial charge is 0.337 e. The van der Waals surface area contributed by atoms with Crippen LogP contribution in [0.3, 0.4) is 0 Å². The van der Waals surface area contributed by atoms with Crippen LogP contribution < -0.4 is 10.7 Å². The Kier molecular flexibility index (Phi) is 10.4. The summed E-state index contributed by atoms with van der Waals surface area (Å²) in [5.41, 5.74) is 3.65. The molecular formula is C19H27N3O4. The lowest BCUT2D eigenvalue weighted by Gasteiger charge is -2.04. The first-order valence-corrected chi connectivity index (χ1v) is 8.83. The van der Waals surface area contributed by atoms with Gasteiger partial charge < -0.3 is 10.1 Å². The zero-order valence-corrected chi connectivity index (χ0v) is 15.4. The van der Waals surface area contributed by atoms with E-state index in [2.05, 4.69) is 27.5 Å². The molecule has 0 spiro atoms. The number of carbonyl (C=O) groups is 3. The highest BCUT2D eigenvalue weighted by Crippen LogP contribution is 2.04. The van der Waals surface area contributed by atoms with E-state index in [1.54, 1.807) is 24.3 Å². The summed E-state index contributed by atoms with van der Waals surface area (Å²) in [5.74, 6) is -0.563. The number of hydrogen-bond acceptors (Lipinski definition) is 5. The van der Waals surface area contributed by atoms with Gasteiger partial charge in [0.05, 0.1) is 18.9 Å². The fourth-order valence-corrected chi connectivity index (χ4v) is 2.12. The molecule has 0 bridgehead atoms. The van der Waals surface area contributed by atoms with E-state index >= 15 is 0 Å². The van der Waals surface area contributed by atoms with Gasteiger partial charge in [-0.25, -0.2) is 10.2 Å². The van der Waals surface area contributed by atoms with E-state index in [0.29, 0.717) is 37.8 Å². The Hall–Kier alpha value is -2.70. The summed E-state index contributed by atoms with van der Waals surface area (Å²) >= 11 is 0. The summed E-state index contributed by atoms with van der Waals surface area (Å²) < 4.78 is 4.62. The van der Waals surface area contributed by atoms with Crippen molar-refractivity contribution in [2.75, 3.05) is 13.7 Å². The van der Waals surface area contributed by atoms with Gasteiger partial charge in [-0.15, -0.1) is 0 Å². The fourth-order valence-electron chi connectivity index (χ4n) is 2.12. The number of methoxy groups -OCH3 is 1. The van der Waals surface area contributed by atoms with Crippen molar-refractivity contribution in [2.45, 2.75) is 45.4 Å². The predicted octanol–water partition coefficient (Wildman–Crippen LogP) is 2.40. The molecule has 0 radical (unpaired) electrons. The van der Waals surface area contributed by atoms with Crippen molar-refractivity contribution < 1.29 is 19.1 Å². The second-order valence-corrected chi connectivity index (χ2v) is 5.82. The van der Waals surface area contributed by atoms with Gasteiger partial charge in [0.25, 0.3) is 0 Å². The molecule has 0 atom stereocenters. The molecule has 0 saturated heterocycles. The Bertz CT molecular complexity index is 612. The number of ether oxygens (including phenoxy) is 1. The minimum absolute atomic E-state index is 0.0345. The van der Waals surface area contributed by atoms with Gasteiger partial charge in [0, 0.05) is 19.4 Å². The molecule has 0 aliphatic carbocycles. The number of carbonyl (C=O) groups excluding carboxylic acids is 3.